The number of imidazole rings is 1. The molecule has 0 saturated heterocycles. The summed E-state index contributed by atoms with van der Waals surface area (Å²) in [5.74, 6) is 1.36. The Bertz CT molecular complexity index is 853. The third-order valence-corrected chi connectivity index (χ3v) is 5.45. The van der Waals surface area contributed by atoms with Crippen LogP contribution in [0.1, 0.15) is 36.8 Å². The molecule has 0 atom stereocenters. The fraction of sp³-hybridized carbons (Fsp3) is 0.250. The Kier molecular flexibility index (Phi) is 5.78. The van der Waals surface area contributed by atoms with Gasteiger partial charge in [-0.25, -0.2) is 4.98 Å². The molecule has 25 heavy (non-hydrogen) atoms. The molecule has 1 aromatic heterocycles. The Morgan fingerprint density at radius 1 is 1.04 bits per heavy atom. The second kappa shape index (κ2) is 7.86. The summed E-state index contributed by atoms with van der Waals surface area (Å²) in [6, 6.07) is 16.1. The normalized spacial score (nSPS) is 11.3. The topological polar surface area (TPSA) is 17.8 Å². The molecule has 0 aliphatic heterocycles. The van der Waals surface area contributed by atoms with Gasteiger partial charge in [-0.1, -0.05) is 79.1 Å². The zero-order chi connectivity index (χ0) is 18.0. The van der Waals surface area contributed by atoms with Crippen LogP contribution in [-0.2, 0) is 6.54 Å². The van der Waals surface area contributed by atoms with Crippen LogP contribution >= 0.6 is 35.0 Å². The largest absolute Gasteiger partial charge is 0.318 e. The molecule has 0 saturated carbocycles. The van der Waals surface area contributed by atoms with Crippen molar-refractivity contribution < 1.29 is 0 Å². The summed E-state index contributed by atoms with van der Waals surface area (Å²) in [4.78, 5) is 5.85. The molecule has 130 valence electrons. The highest BCUT2D eigenvalue weighted by atomic mass is 35.5. The van der Waals surface area contributed by atoms with E-state index in [1.54, 1.807) is 17.8 Å². The average molecular weight is 391 g/mol. The van der Waals surface area contributed by atoms with Crippen molar-refractivity contribution in [3.05, 3.63) is 75.7 Å². The molecule has 3 rings (SSSR count). The van der Waals surface area contributed by atoms with Crippen LogP contribution in [-0.4, -0.2) is 9.55 Å². The summed E-state index contributed by atoms with van der Waals surface area (Å²) >= 11 is 14.0. The molecule has 0 unspecified atom stereocenters. The van der Waals surface area contributed by atoms with Crippen molar-refractivity contribution in [2.45, 2.75) is 43.2 Å². The molecule has 0 spiro atoms. The predicted molar refractivity (Wildman–Crippen MR) is 107 cm³/mol. The Morgan fingerprint density at radius 3 is 2.28 bits per heavy atom. The van der Waals surface area contributed by atoms with E-state index in [9.17, 15) is 0 Å². The van der Waals surface area contributed by atoms with Gasteiger partial charge in [0.25, 0.3) is 0 Å². The maximum atomic E-state index is 6.17. The van der Waals surface area contributed by atoms with Crippen LogP contribution < -0.4 is 0 Å². The summed E-state index contributed by atoms with van der Waals surface area (Å²) in [7, 11) is 0. The van der Waals surface area contributed by atoms with Crippen molar-refractivity contribution in [3.63, 3.8) is 0 Å². The van der Waals surface area contributed by atoms with Gasteiger partial charge in [-0.05, 0) is 36.6 Å². The standard InChI is InChI=1S/C20H20Cl2N2S/c1-13(2)19-20(25-18-10-16(21)9-17(22)11-18)24(14(3)23-19)12-15-7-5-4-6-8-15/h4-11,13H,12H2,1-3H3. The minimum absolute atomic E-state index is 0.341. The molecule has 0 aliphatic rings. The van der Waals surface area contributed by atoms with E-state index in [1.807, 2.05) is 18.2 Å². The molecule has 0 bridgehead atoms. The zero-order valence-corrected chi connectivity index (χ0v) is 16.8. The molecule has 2 nitrogen and oxygen atoms in total. The van der Waals surface area contributed by atoms with Crippen LogP contribution in [0.4, 0.5) is 0 Å². The van der Waals surface area contributed by atoms with Gasteiger partial charge in [-0.2, -0.15) is 0 Å². The highest BCUT2D eigenvalue weighted by Gasteiger charge is 2.19. The summed E-state index contributed by atoms with van der Waals surface area (Å²) in [5.41, 5.74) is 2.36. The number of nitrogens with zero attached hydrogens (tertiary/aromatic N) is 2. The van der Waals surface area contributed by atoms with E-state index in [4.69, 9.17) is 28.2 Å². The van der Waals surface area contributed by atoms with Gasteiger partial charge in [0, 0.05) is 21.5 Å². The second-order valence-corrected chi connectivity index (χ2v) is 8.22. The third kappa shape index (κ3) is 4.41. The first-order valence-corrected chi connectivity index (χ1v) is 9.76. The van der Waals surface area contributed by atoms with Gasteiger partial charge in [0.2, 0.25) is 0 Å². The van der Waals surface area contributed by atoms with Gasteiger partial charge in [0.15, 0.2) is 0 Å². The van der Waals surface area contributed by atoms with Gasteiger partial charge < -0.3 is 4.57 Å². The molecule has 3 aromatic rings. The van der Waals surface area contributed by atoms with Gasteiger partial charge >= 0.3 is 0 Å². The van der Waals surface area contributed by atoms with Crippen LogP contribution in [0, 0.1) is 6.92 Å². The Hall–Kier alpha value is -1.42. The highest BCUT2D eigenvalue weighted by molar-refractivity contribution is 7.99. The minimum Gasteiger partial charge on any atom is -0.318 e. The summed E-state index contributed by atoms with van der Waals surface area (Å²) in [5, 5.41) is 2.44. The molecule has 0 radical (unpaired) electrons. The fourth-order valence-electron chi connectivity index (χ4n) is 2.70. The van der Waals surface area contributed by atoms with Crippen LogP contribution in [0.2, 0.25) is 10.0 Å². The molecule has 5 heteroatoms. The molecule has 0 fully saturated rings. The maximum absolute atomic E-state index is 6.17. The number of benzene rings is 2. The van der Waals surface area contributed by atoms with Gasteiger partial charge in [-0.15, -0.1) is 0 Å². The molecule has 0 amide bonds. The molecule has 2 aromatic carbocycles. The first-order chi connectivity index (χ1) is 11.9. The summed E-state index contributed by atoms with van der Waals surface area (Å²) in [6.07, 6.45) is 0. The van der Waals surface area contributed by atoms with E-state index < -0.39 is 0 Å². The third-order valence-electron chi connectivity index (χ3n) is 3.92. The van der Waals surface area contributed by atoms with Crippen molar-refractivity contribution in [1.82, 2.24) is 9.55 Å². The summed E-state index contributed by atoms with van der Waals surface area (Å²) in [6.45, 7) is 7.19. The van der Waals surface area contributed by atoms with Crippen molar-refractivity contribution >= 4 is 35.0 Å². The van der Waals surface area contributed by atoms with E-state index in [0.29, 0.717) is 16.0 Å². The number of halogens is 2. The maximum Gasteiger partial charge on any atom is 0.107 e. The van der Waals surface area contributed by atoms with E-state index >= 15 is 0 Å². The zero-order valence-electron chi connectivity index (χ0n) is 14.5. The lowest BCUT2D eigenvalue weighted by atomic mass is 10.1. The van der Waals surface area contributed by atoms with Gasteiger partial charge in [-0.3, -0.25) is 0 Å². The van der Waals surface area contributed by atoms with Crippen molar-refractivity contribution in [2.75, 3.05) is 0 Å². The first kappa shape index (κ1) is 18.4. The lowest BCUT2D eigenvalue weighted by Gasteiger charge is -2.13. The van der Waals surface area contributed by atoms with Crippen LogP contribution in [0.3, 0.4) is 0 Å². The Balaban J connectivity index is 2.03. The van der Waals surface area contributed by atoms with E-state index in [0.717, 1.165) is 28.0 Å². The minimum atomic E-state index is 0.341. The van der Waals surface area contributed by atoms with Crippen molar-refractivity contribution in [3.8, 4) is 0 Å². The molecule has 0 aliphatic carbocycles. The van der Waals surface area contributed by atoms with E-state index in [2.05, 4.69) is 49.6 Å². The highest BCUT2D eigenvalue weighted by Crippen LogP contribution is 2.37. The second-order valence-electron chi connectivity index (χ2n) is 6.28. The lowest BCUT2D eigenvalue weighted by molar-refractivity contribution is 0.689. The molecule has 1 heterocycles. The fourth-order valence-corrected chi connectivity index (χ4v) is 4.65. The Morgan fingerprint density at radius 2 is 1.68 bits per heavy atom. The van der Waals surface area contributed by atoms with Crippen molar-refractivity contribution in [1.29, 1.82) is 0 Å². The number of hydrogen-bond donors (Lipinski definition) is 0. The van der Waals surface area contributed by atoms with Crippen LogP contribution in [0.15, 0.2) is 58.5 Å². The molecular formula is C20H20Cl2N2S. The monoisotopic (exact) mass is 390 g/mol. The predicted octanol–water partition coefficient (Wildman–Crippen LogP) is 6.82. The number of hydrogen-bond acceptors (Lipinski definition) is 2. The van der Waals surface area contributed by atoms with Crippen LogP contribution in [0.25, 0.3) is 0 Å². The number of rotatable bonds is 5. The quantitative estimate of drug-likeness (QED) is 0.475. The number of aromatic nitrogens is 2. The van der Waals surface area contributed by atoms with E-state index in [1.165, 1.54) is 5.56 Å². The first-order valence-electron chi connectivity index (χ1n) is 8.19. The Labute approximate surface area is 163 Å². The summed E-state index contributed by atoms with van der Waals surface area (Å²) < 4.78 is 2.27. The lowest BCUT2D eigenvalue weighted by Crippen LogP contribution is -2.04. The smallest absolute Gasteiger partial charge is 0.107 e. The molecular weight excluding hydrogens is 371 g/mol. The SMILES string of the molecule is Cc1nc(C(C)C)c(Sc2cc(Cl)cc(Cl)c2)n1Cc1ccccc1. The number of aryl methyl sites for hydroxylation is 1. The van der Waals surface area contributed by atoms with E-state index in [-0.39, 0.29) is 0 Å². The van der Waals surface area contributed by atoms with Gasteiger partial charge in [0.1, 0.15) is 10.9 Å². The molecule has 0 N–H and O–H groups in total. The van der Waals surface area contributed by atoms with Crippen LogP contribution in [0.5, 0.6) is 0 Å². The average Bonchev–Trinajstić information content (AvgIpc) is 2.84. The van der Waals surface area contributed by atoms with Gasteiger partial charge in [0.05, 0.1) is 5.69 Å². The van der Waals surface area contributed by atoms with Crippen molar-refractivity contribution in [2.24, 2.45) is 0 Å².